The van der Waals surface area contributed by atoms with E-state index in [1.54, 1.807) is 52.0 Å². The predicted molar refractivity (Wildman–Crippen MR) is 134 cm³/mol. The van der Waals surface area contributed by atoms with Gasteiger partial charge in [0.1, 0.15) is 18.1 Å². The van der Waals surface area contributed by atoms with Gasteiger partial charge in [0.15, 0.2) is 0 Å². The number of rotatable bonds is 15. The summed E-state index contributed by atoms with van der Waals surface area (Å²) in [6, 6.07) is 5.12. The molecule has 0 fully saturated rings. The van der Waals surface area contributed by atoms with Gasteiger partial charge in [-0.05, 0) is 43.2 Å². The fourth-order valence-corrected chi connectivity index (χ4v) is 3.43. The molecule has 0 aromatic heterocycles. The molecule has 0 radical (unpaired) electrons. The van der Waals surface area contributed by atoms with E-state index in [1.165, 1.54) is 0 Å². The molecule has 8 N–H and O–H groups in total. The van der Waals surface area contributed by atoms with Crippen molar-refractivity contribution in [3.63, 3.8) is 0 Å². The second kappa shape index (κ2) is 15.1. The van der Waals surface area contributed by atoms with Crippen molar-refractivity contribution in [1.82, 2.24) is 16.0 Å². The number of benzene rings is 1. The molecule has 0 bridgehead atoms. The highest BCUT2D eigenvalue weighted by atomic mass is 16.4. The number of hydrogen-bond donors (Lipinski definition) is 6. The lowest BCUT2D eigenvalue weighted by molar-refractivity contribution is -0.142. The van der Waals surface area contributed by atoms with Crippen LogP contribution in [0.3, 0.4) is 0 Å². The normalized spacial score (nSPS) is 14.6. The molecule has 0 saturated carbocycles. The SMILES string of the molecule is CC(C)C(N)C(=O)NC(CCCCN)C(=O)NC(C(=O)NC(Cc1ccccc1)C(=O)O)C(C)C. The zero-order chi connectivity index (χ0) is 26.5. The molecule has 0 aliphatic rings. The summed E-state index contributed by atoms with van der Waals surface area (Å²) in [5.74, 6) is -3.21. The third-order valence-corrected chi connectivity index (χ3v) is 5.75. The van der Waals surface area contributed by atoms with E-state index in [0.29, 0.717) is 25.8 Å². The number of amides is 3. The summed E-state index contributed by atoms with van der Waals surface area (Å²) < 4.78 is 0. The van der Waals surface area contributed by atoms with Gasteiger partial charge in [-0.1, -0.05) is 58.0 Å². The zero-order valence-corrected chi connectivity index (χ0v) is 21.1. The first-order valence-corrected chi connectivity index (χ1v) is 12.1. The van der Waals surface area contributed by atoms with Crippen LogP contribution in [0.2, 0.25) is 0 Å². The third kappa shape index (κ3) is 10.4. The Labute approximate surface area is 207 Å². The first-order valence-electron chi connectivity index (χ1n) is 12.1. The molecule has 0 saturated heterocycles. The van der Waals surface area contributed by atoms with Crippen LogP contribution >= 0.6 is 0 Å². The van der Waals surface area contributed by atoms with Crippen LogP contribution in [0.4, 0.5) is 0 Å². The summed E-state index contributed by atoms with van der Waals surface area (Å²) in [6.45, 7) is 7.55. The van der Waals surface area contributed by atoms with Gasteiger partial charge in [0.05, 0.1) is 6.04 Å². The van der Waals surface area contributed by atoms with E-state index in [4.69, 9.17) is 11.5 Å². The van der Waals surface area contributed by atoms with Crippen LogP contribution in [0.15, 0.2) is 30.3 Å². The van der Waals surface area contributed by atoms with Crippen molar-refractivity contribution in [3.05, 3.63) is 35.9 Å². The van der Waals surface area contributed by atoms with Gasteiger partial charge in [0.25, 0.3) is 0 Å². The molecule has 1 aromatic carbocycles. The van der Waals surface area contributed by atoms with Gasteiger partial charge in [-0.15, -0.1) is 0 Å². The Balaban J connectivity index is 2.95. The van der Waals surface area contributed by atoms with Gasteiger partial charge in [0.2, 0.25) is 17.7 Å². The van der Waals surface area contributed by atoms with Gasteiger partial charge in [-0.3, -0.25) is 14.4 Å². The van der Waals surface area contributed by atoms with E-state index in [2.05, 4.69) is 16.0 Å². The molecule has 10 nitrogen and oxygen atoms in total. The molecule has 35 heavy (non-hydrogen) atoms. The number of carbonyl (C=O) groups is 4. The summed E-state index contributed by atoms with van der Waals surface area (Å²) in [6.07, 6.45) is 1.70. The summed E-state index contributed by atoms with van der Waals surface area (Å²) in [7, 11) is 0. The molecule has 0 aliphatic carbocycles. The van der Waals surface area contributed by atoms with E-state index in [1.807, 2.05) is 6.07 Å². The second-order valence-corrected chi connectivity index (χ2v) is 9.43. The van der Waals surface area contributed by atoms with Crippen molar-refractivity contribution in [2.24, 2.45) is 23.3 Å². The average Bonchev–Trinajstić information content (AvgIpc) is 2.80. The lowest BCUT2D eigenvalue weighted by atomic mass is 9.99. The molecule has 0 aliphatic heterocycles. The largest absolute Gasteiger partial charge is 0.480 e. The van der Waals surface area contributed by atoms with Crippen molar-refractivity contribution in [3.8, 4) is 0 Å². The van der Waals surface area contributed by atoms with Gasteiger partial charge >= 0.3 is 5.97 Å². The minimum absolute atomic E-state index is 0.103. The first kappa shape index (κ1) is 30.1. The number of carboxylic acid groups (broad SMARTS) is 1. The minimum atomic E-state index is -1.18. The van der Waals surface area contributed by atoms with E-state index in [0.717, 1.165) is 5.56 Å². The molecule has 0 heterocycles. The van der Waals surface area contributed by atoms with Crippen LogP contribution in [0, 0.1) is 11.8 Å². The Morgan fingerprint density at radius 1 is 0.829 bits per heavy atom. The molecular weight excluding hydrogens is 450 g/mol. The van der Waals surface area contributed by atoms with E-state index in [-0.39, 0.29) is 18.3 Å². The third-order valence-electron chi connectivity index (χ3n) is 5.75. The molecule has 0 spiro atoms. The van der Waals surface area contributed by atoms with Crippen LogP contribution in [0.25, 0.3) is 0 Å². The maximum atomic E-state index is 13.1. The maximum absolute atomic E-state index is 13.1. The fraction of sp³-hybridized carbons (Fsp3) is 0.600. The monoisotopic (exact) mass is 491 g/mol. The molecule has 4 atom stereocenters. The Kier molecular flexibility index (Phi) is 13.0. The Hall–Kier alpha value is -2.98. The number of nitrogens with two attached hydrogens (primary N) is 2. The summed E-state index contributed by atoms with van der Waals surface area (Å²) in [5, 5.41) is 17.5. The van der Waals surface area contributed by atoms with Crippen LogP contribution < -0.4 is 27.4 Å². The van der Waals surface area contributed by atoms with Crippen molar-refractivity contribution >= 4 is 23.7 Å². The second-order valence-electron chi connectivity index (χ2n) is 9.43. The number of aliphatic carboxylic acids is 1. The predicted octanol–water partition coefficient (Wildman–Crippen LogP) is 0.536. The lowest BCUT2D eigenvalue weighted by Gasteiger charge is -2.27. The number of carboxylic acids is 1. The first-order chi connectivity index (χ1) is 16.5. The average molecular weight is 492 g/mol. The summed E-state index contributed by atoms with van der Waals surface area (Å²) >= 11 is 0. The molecule has 1 rings (SSSR count). The minimum Gasteiger partial charge on any atom is -0.480 e. The van der Waals surface area contributed by atoms with Gasteiger partial charge < -0.3 is 32.5 Å². The standard InChI is InChI=1S/C25H41N5O5/c1-15(2)20(27)23(32)28-18(12-8-9-13-26)22(31)30-21(16(3)4)24(33)29-19(25(34)35)14-17-10-6-5-7-11-17/h5-7,10-11,15-16,18-21H,8-9,12-14,26-27H2,1-4H3,(H,28,32)(H,29,33)(H,30,31)(H,34,35). The molecular formula is C25H41N5O5. The van der Waals surface area contributed by atoms with Crippen molar-refractivity contribution in [1.29, 1.82) is 0 Å². The van der Waals surface area contributed by atoms with E-state index < -0.39 is 47.9 Å². The highest BCUT2D eigenvalue weighted by molar-refractivity contribution is 5.94. The van der Waals surface area contributed by atoms with Crippen LogP contribution in [-0.2, 0) is 25.6 Å². The Morgan fingerprint density at radius 3 is 1.94 bits per heavy atom. The molecule has 10 heteroatoms. The highest BCUT2D eigenvalue weighted by Crippen LogP contribution is 2.09. The van der Waals surface area contributed by atoms with Crippen molar-refractivity contribution in [2.75, 3.05) is 6.54 Å². The quantitative estimate of drug-likeness (QED) is 0.194. The molecule has 1 aromatic rings. The van der Waals surface area contributed by atoms with Crippen LogP contribution in [-0.4, -0.2) is 59.5 Å². The maximum Gasteiger partial charge on any atom is 0.326 e. The smallest absolute Gasteiger partial charge is 0.326 e. The van der Waals surface area contributed by atoms with E-state index in [9.17, 15) is 24.3 Å². The highest BCUT2D eigenvalue weighted by Gasteiger charge is 2.32. The van der Waals surface area contributed by atoms with Gasteiger partial charge in [0, 0.05) is 6.42 Å². The Bertz CT molecular complexity index is 831. The van der Waals surface area contributed by atoms with Crippen LogP contribution in [0.1, 0.15) is 52.5 Å². The number of hydrogen-bond acceptors (Lipinski definition) is 6. The molecule has 196 valence electrons. The van der Waals surface area contributed by atoms with E-state index >= 15 is 0 Å². The summed E-state index contributed by atoms with van der Waals surface area (Å²) in [5.41, 5.74) is 12.2. The fourth-order valence-electron chi connectivity index (χ4n) is 3.43. The summed E-state index contributed by atoms with van der Waals surface area (Å²) in [4.78, 5) is 50.4. The van der Waals surface area contributed by atoms with Gasteiger partial charge in [-0.25, -0.2) is 4.79 Å². The molecule has 4 unspecified atom stereocenters. The van der Waals surface area contributed by atoms with Gasteiger partial charge in [-0.2, -0.15) is 0 Å². The number of nitrogens with one attached hydrogen (secondary N) is 3. The topological polar surface area (TPSA) is 177 Å². The number of unbranched alkanes of at least 4 members (excludes halogenated alkanes) is 1. The molecule has 3 amide bonds. The lowest BCUT2D eigenvalue weighted by Crippen LogP contribution is -2.59. The van der Waals surface area contributed by atoms with Crippen molar-refractivity contribution in [2.45, 2.75) is 77.5 Å². The number of carbonyl (C=O) groups excluding carboxylic acids is 3. The zero-order valence-electron chi connectivity index (χ0n) is 21.1. The van der Waals surface area contributed by atoms with Crippen molar-refractivity contribution < 1.29 is 24.3 Å². The van der Waals surface area contributed by atoms with Crippen LogP contribution in [0.5, 0.6) is 0 Å². The Morgan fingerprint density at radius 2 is 1.43 bits per heavy atom.